The summed E-state index contributed by atoms with van der Waals surface area (Å²) in [5.41, 5.74) is 1.89. The van der Waals surface area contributed by atoms with Gasteiger partial charge in [0, 0.05) is 43.0 Å². The van der Waals surface area contributed by atoms with Gasteiger partial charge in [0.05, 0.1) is 11.3 Å². The topological polar surface area (TPSA) is 56.0 Å². The molecule has 0 spiro atoms. The summed E-state index contributed by atoms with van der Waals surface area (Å²) in [7, 11) is 2.05. The Morgan fingerprint density at radius 3 is 2.85 bits per heavy atom. The van der Waals surface area contributed by atoms with Gasteiger partial charge in [-0.3, -0.25) is 0 Å². The lowest BCUT2D eigenvalue weighted by molar-refractivity contribution is -0.137. The standard InChI is InChI=1S/C18H22F3N5/c1-26-6-3-11(4-7-26)15-8-13-16(24-12-2-5-22-9-12)14(18(19,20)21)10-23-17(13)25-15/h3,8,10,12,22H,2,4-7,9H2,1H3,(H2,23,24,25). The molecule has 3 N–H and O–H groups in total. The second kappa shape index (κ2) is 6.59. The second-order valence-corrected chi connectivity index (χ2v) is 7.07. The number of anilines is 1. The Bertz CT molecular complexity index is 833. The summed E-state index contributed by atoms with van der Waals surface area (Å²) in [4.78, 5) is 9.45. The van der Waals surface area contributed by atoms with Crippen LogP contribution in [-0.2, 0) is 6.18 Å². The van der Waals surface area contributed by atoms with Gasteiger partial charge in [0.15, 0.2) is 0 Å². The van der Waals surface area contributed by atoms with Crippen LogP contribution in [0.5, 0.6) is 0 Å². The van der Waals surface area contributed by atoms with Gasteiger partial charge < -0.3 is 20.5 Å². The molecule has 2 aromatic rings. The van der Waals surface area contributed by atoms with E-state index in [4.69, 9.17) is 0 Å². The number of alkyl halides is 3. The highest BCUT2D eigenvalue weighted by Crippen LogP contribution is 2.39. The largest absolute Gasteiger partial charge is 0.419 e. The fourth-order valence-corrected chi connectivity index (χ4v) is 3.62. The molecule has 0 amide bonds. The molecule has 1 unspecified atom stereocenters. The first-order chi connectivity index (χ1) is 12.4. The number of likely N-dealkylation sites (N-methyl/N-ethyl adjacent to an activating group) is 1. The predicted molar refractivity (Wildman–Crippen MR) is 96.1 cm³/mol. The van der Waals surface area contributed by atoms with Crippen LogP contribution >= 0.6 is 0 Å². The summed E-state index contributed by atoms with van der Waals surface area (Å²) in [5, 5.41) is 6.79. The zero-order chi connectivity index (χ0) is 18.3. The van der Waals surface area contributed by atoms with Crippen molar-refractivity contribution in [3.63, 3.8) is 0 Å². The molecule has 0 aliphatic carbocycles. The van der Waals surface area contributed by atoms with Gasteiger partial charge in [-0.25, -0.2) is 4.98 Å². The van der Waals surface area contributed by atoms with Gasteiger partial charge in [0.2, 0.25) is 0 Å². The minimum Gasteiger partial charge on any atom is -0.380 e. The van der Waals surface area contributed by atoms with Gasteiger partial charge in [-0.2, -0.15) is 13.2 Å². The molecule has 2 aromatic heterocycles. The number of nitrogens with zero attached hydrogens (tertiary/aromatic N) is 2. The fraction of sp³-hybridized carbons (Fsp3) is 0.500. The van der Waals surface area contributed by atoms with E-state index in [1.807, 2.05) is 7.05 Å². The normalized spacial score (nSPS) is 22.0. The molecule has 0 saturated carbocycles. The van der Waals surface area contributed by atoms with E-state index in [1.54, 1.807) is 6.07 Å². The summed E-state index contributed by atoms with van der Waals surface area (Å²) in [6.45, 7) is 3.24. The molecule has 1 atom stereocenters. The number of rotatable bonds is 3. The predicted octanol–water partition coefficient (Wildman–Crippen LogP) is 3.07. The number of hydrogen-bond acceptors (Lipinski definition) is 4. The third-order valence-electron chi connectivity index (χ3n) is 5.13. The molecule has 4 rings (SSSR count). The van der Waals surface area contributed by atoms with Crippen molar-refractivity contribution in [1.82, 2.24) is 20.2 Å². The van der Waals surface area contributed by atoms with Crippen molar-refractivity contribution in [2.45, 2.75) is 25.1 Å². The smallest absolute Gasteiger partial charge is 0.380 e. The molecule has 0 aromatic carbocycles. The maximum absolute atomic E-state index is 13.5. The Kier molecular flexibility index (Phi) is 4.40. The molecule has 1 saturated heterocycles. The van der Waals surface area contributed by atoms with Gasteiger partial charge in [0.25, 0.3) is 0 Å². The average molecular weight is 365 g/mol. The average Bonchev–Trinajstić information content (AvgIpc) is 3.24. The van der Waals surface area contributed by atoms with Gasteiger partial charge >= 0.3 is 6.18 Å². The van der Waals surface area contributed by atoms with E-state index in [0.717, 1.165) is 49.9 Å². The third-order valence-corrected chi connectivity index (χ3v) is 5.13. The minimum atomic E-state index is -4.44. The Morgan fingerprint density at radius 1 is 1.35 bits per heavy atom. The molecule has 26 heavy (non-hydrogen) atoms. The van der Waals surface area contributed by atoms with Crippen molar-refractivity contribution >= 4 is 22.3 Å². The summed E-state index contributed by atoms with van der Waals surface area (Å²) in [5.74, 6) is 0. The van der Waals surface area contributed by atoms with E-state index in [-0.39, 0.29) is 11.7 Å². The van der Waals surface area contributed by atoms with E-state index in [0.29, 0.717) is 17.6 Å². The van der Waals surface area contributed by atoms with Crippen LogP contribution in [0, 0.1) is 0 Å². The zero-order valence-electron chi connectivity index (χ0n) is 14.6. The molecule has 2 aliphatic rings. The van der Waals surface area contributed by atoms with Crippen molar-refractivity contribution in [2.75, 3.05) is 38.5 Å². The number of fused-ring (bicyclic) bond motifs is 1. The molecule has 0 radical (unpaired) electrons. The van der Waals surface area contributed by atoms with E-state index >= 15 is 0 Å². The molecular weight excluding hydrogens is 343 g/mol. The van der Waals surface area contributed by atoms with Crippen LogP contribution in [0.3, 0.4) is 0 Å². The molecule has 1 fully saturated rings. The Labute approximate surface area is 149 Å². The third kappa shape index (κ3) is 3.31. The molecular formula is C18H22F3N5. The minimum absolute atomic E-state index is 0.0115. The van der Waals surface area contributed by atoms with Gasteiger partial charge in [-0.05, 0) is 38.1 Å². The number of aromatic nitrogens is 2. The van der Waals surface area contributed by atoms with Crippen molar-refractivity contribution in [3.8, 4) is 0 Å². The lowest BCUT2D eigenvalue weighted by atomic mass is 10.0. The summed E-state index contributed by atoms with van der Waals surface area (Å²) in [6.07, 6.45) is 0.268. The summed E-state index contributed by atoms with van der Waals surface area (Å²) < 4.78 is 40.6. The first-order valence-electron chi connectivity index (χ1n) is 8.86. The van der Waals surface area contributed by atoms with E-state index < -0.39 is 11.7 Å². The van der Waals surface area contributed by atoms with Crippen LogP contribution in [0.2, 0.25) is 0 Å². The van der Waals surface area contributed by atoms with E-state index in [2.05, 4.69) is 31.6 Å². The van der Waals surface area contributed by atoms with Gasteiger partial charge in [0.1, 0.15) is 5.65 Å². The van der Waals surface area contributed by atoms with Crippen molar-refractivity contribution < 1.29 is 13.2 Å². The SMILES string of the molecule is CN1CC=C(c2cc3c(NC4CCNC4)c(C(F)(F)F)cnc3[nH]2)CC1. The number of halogens is 3. The summed E-state index contributed by atoms with van der Waals surface area (Å²) in [6, 6.07) is 1.79. The van der Waals surface area contributed by atoms with Gasteiger partial charge in [-0.1, -0.05) is 6.08 Å². The number of pyridine rings is 1. The maximum atomic E-state index is 13.5. The van der Waals surface area contributed by atoms with Crippen LogP contribution in [-0.4, -0.2) is 54.1 Å². The number of H-pyrrole nitrogens is 1. The van der Waals surface area contributed by atoms with Crippen LogP contribution in [0.25, 0.3) is 16.6 Å². The highest BCUT2D eigenvalue weighted by atomic mass is 19.4. The van der Waals surface area contributed by atoms with E-state index in [9.17, 15) is 13.2 Å². The first kappa shape index (κ1) is 17.4. The van der Waals surface area contributed by atoms with Crippen LogP contribution < -0.4 is 10.6 Å². The molecule has 8 heteroatoms. The van der Waals surface area contributed by atoms with Crippen molar-refractivity contribution in [3.05, 3.63) is 29.6 Å². The number of nitrogens with one attached hydrogen (secondary N) is 3. The fourth-order valence-electron chi connectivity index (χ4n) is 3.62. The maximum Gasteiger partial charge on any atom is 0.419 e. The molecule has 140 valence electrons. The number of hydrogen-bond donors (Lipinski definition) is 3. The monoisotopic (exact) mass is 365 g/mol. The van der Waals surface area contributed by atoms with Crippen molar-refractivity contribution in [2.24, 2.45) is 0 Å². The highest BCUT2D eigenvalue weighted by molar-refractivity contribution is 5.94. The van der Waals surface area contributed by atoms with Gasteiger partial charge in [-0.15, -0.1) is 0 Å². The Balaban J connectivity index is 1.78. The quantitative estimate of drug-likeness (QED) is 0.783. The summed E-state index contributed by atoms with van der Waals surface area (Å²) >= 11 is 0. The molecule has 0 bridgehead atoms. The van der Waals surface area contributed by atoms with Crippen LogP contribution in [0.15, 0.2) is 18.3 Å². The Hall–Kier alpha value is -2.06. The molecule has 2 aliphatic heterocycles. The van der Waals surface area contributed by atoms with Crippen LogP contribution in [0.1, 0.15) is 24.1 Å². The second-order valence-electron chi connectivity index (χ2n) is 7.07. The zero-order valence-corrected chi connectivity index (χ0v) is 14.6. The Morgan fingerprint density at radius 2 is 2.19 bits per heavy atom. The first-order valence-corrected chi connectivity index (χ1v) is 8.86. The highest BCUT2D eigenvalue weighted by Gasteiger charge is 2.36. The van der Waals surface area contributed by atoms with Crippen molar-refractivity contribution in [1.29, 1.82) is 0 Å². The lowest BCUT2D eigenvalue weighted by Crippen LogP contribution is -2.24. The van der Waals surface area contributed by atoms with E-state index in [1.165, 1.54) is 0 Å². The number of aromatic amines is 1. The molecule has 4 heterocycles. The molecule has 5 nitrogen and oxygen atoms in total. The van der Waals surface area contributed by atoms with Crippen LogP contribution in [0.4, 0.5) is 18.9 Å². The lowest BCUT2D eigenvalue weighted by Gasteiger charge is -2.21.